The van der Waals surface area contributed by atoms with E-state index in [0.29, 0.717) is 40.3 Å². The zero-order chi connectivity index (χ0) is 33.2. The number of methoxy groups -OCH3 is 1. The van der Waals surface area contributed by atoms with Gasteiger partial charge in [-0.25, -0.2) is 9.78 Å². The highest BCUT2D eigenvalue weighted by molar-refractivity contribution is 5.95. The lowest BCUT2D eigenvalue weighted by atomic mass is 9.85. The maximum absolute atomic E-state index is 13.9. The first-order chi connectivity index (χ1) is 23.3. The van der Waals surface area contributed by atoms with Gasteiger partial charge in [0.05, 0.1) is 49.0 Å². The molecule has 4 aromatic rings. The number of aromatic nitrogens is 2. The number of carbonyl (C=O) groups excluding carboxylic acids is 3. The fourth-order valence-corrected chi connectivity index (χ4v) is 7.35. The molecule has 1 fully saturated rings. The molecule has 4 aliphatic rings. The molecular formula is C36H34N4O8. The predicted octanol–water partition coefficient (Wildman–Crippen LogP) is 3.31. The smallest absolute Gasteiger partial charge is 0.355 e. The molecule has 0 radical (unpaired) electrons. The first kappa shape index (κ1) is 30.1. The van der Waals surface area contributed by atoms with Crippen molar-refractivity contribution in [3.8, 4) is 22.9 Å². The second-order valence-corrected chi connectivity index (χ2v) is 12.6. The Labute approximate surface area is 275 Å². The van der Waals surface area contributed by atoms with Crippen LogP contribution in [-0.4, -0.2) is 72.2 Å². The first-order valence-corrected chi connectivity index (χ1v) is 16.2. The number of cyclic esters (lactones) is 1. The number of nitrogens with zero attached hydrogens (tertiary/aromatic N) is 4. The number of ether oxygens (including phenoxy) is 4. The minimum absolute atomic E-state index is 0.0870. The van der Waals surface area contributed by atoms with E-state index < -0.39 is 17.5 Å². The highest BCUT2D eigenvalue weighted by Crippen LogP contribution is 2.42. The number of anilines is 1. The molecule has 1 saturated heterocycles. The molecule has 246 valence electrons. The summed E-state index contributed by atoms with van der Waals surface area (Å²) in [4.78, 5) is 62.1. The van der Waals surface area contributed by atoms with E-state index in [1.54, 1.807) is 36.8 Å². The van der Waals surface area contributed by atoms with Crippen molar-refractivity contribution < 1.29 is 33.3 Å². The van der Waals surface area contributed by atoms with E-state index in [-0.39, 0.29) is 43.9 Å². The van der Waals surface area contributed by atoms with E-state index in [9.17, 15) is 19.2 Å². The molecule has 0 N–H and O–H groups in total. The van der Waals surface area contributed by atoms with Crippen LogP contribution in [0.1, 0.15) is 42.0 Å². The monoisotopic (exact) mass is 650 g/mol. The van der Waals surface area contributed by atoms with E-state index >= 15 is 0 Å². The standard InChI is InChI=1S/C36H34N4O8/c1-3-36(48-31(41)10-11-38-12-14-39(15-13-38)22-4-6-23(45-2)7-5-22)27-18-29-33-21(19-40(29)34(43)26(27)20-46-35(36)44)16-24-25-17-32(42)47-30(25)9-8-28(24)37-33/h4-9,16,18H,3,10-15,17,19-20H2,1-2H3/t36-/m0/s1. The highest BCUT2D eigenvalue weighted by atomic mass is 16.6. The SMILES string of the molecule is CC[C@@]1(OC(=O)CCN2CCN(c3ccc(OC)cc3)CC2)C(=O)OCc2c1cc1n(c2=O)Cc2cc3c4c(ccc3nc2-1)OC(=O)C4. The minimum atomic E-state index is -1.75. The van der Waals surface area contributed by atoms with Crippen LogP contribution in [0.25, 0.3) is 22.3 Å². The molecule has 0 unspecified atom stereocenters. The lowest BCUT2D eigenvalue weighted by molar-refractivity contribution is -0.189. The topological polar surface area (TPSA) is 130 Å². The number of benzene rings is 2. The molecule has 12 heteroatoms. The molecule has 12 nitrogen and oxygen atoms in total. The third kappa shape index (κ3) is 4.81. The average molecular weight is 651 g/mol. The van der Waals surface area contributed by atoms with Gasteiger partial charge in [-0.3, -0.25) is 19.3 Å². The third-order valence-electron chi connectivity index (χ3n) is 10.0. The average Bonchev–Trinajstić information content (AvgIpc) is 3.68. The Balaban J connectivity index is 1.02. The summed E-state index contributed by atoms with van der Waals surface area (Å²) in [5, 5.41) is 0.806. The van der Waals surface area contributed by atoms with E-state index in [1.165, 1.54) is 0 Å². The van der Waals surface area contributed by atoms with E-state index in [2.05, 4.69) is 9.80 Å². The molecule has 0 saturated carbocycles. The van der Waals surface area contributed by atoms with Gasteiger partial charge in [0.2, 0.25) is 5.60 Å². The Morgan fingerprint density at radius 3 is 2.54 bits per heavy atom. The van der Waals surface area contributed by atoms with Crippen molar-refractivity contribution in [2.75, 3.05) is 44.7 Å². The second kappa shape index (κ2) is 11.5. The van der Waals surface area contributed by atoms with Gasteiger partial charge >= 0.3 is 17.9 Å². The van der Waals surface area contributed by atoms with Crippen LogP contribution in [-0.2, 0) is 49.0 Å². The molecule has 8 rings (SSSR count). The Hall–Kier alpha value is -5.23. The van der Waals surface area contributed by atoms with Gasteiger partial charge < -0.3 is 28.4 Å². The van der Waals surface area contributed by atoms with Crippen LogP contribution in [0.2, 0.25) is 0 Å². The van der Waals surface area contributed by atoms with Gasteiger partial charge in [-0.15, -0.1) is 0 Å². The second-order valence-electron chi connectivity index (χ2n) is 12.6. The van der Waals surface area contributed by atoms with Gasteiger partial charge in [0.15, 0.2) is 0 Å². The molecule has 2 aromatic heterocycles. The van der Waals surface area contributed by atoms with Crippen LogP contribution in [0, 0.1) is 0 Å². The fourth-order valence-electron chi connectivity index (χ4n) is 7.35. The Bertz CT molecular complexity index is 2070. The number of hydrogen-bond donors (Lipinski definition) is 0. The van der Waals surface area contributed by atoms with Crippen molar-refractivity contribution in [3.05, 3.63) is 81.1 Å². The van der Waals surface area contributed by atoms with Gasteiger partial charge in [-0.05, 0) is 55.0 Å². The Morgan fingerprint density at radius 2 is 1.79 bits per heavy atom. The van der Waals surface area contributed by atoms with E-state index in [0.717, 1.165) is 54.1 Å². The summed E-state index contributed by atoms with van der Waals surface area (Å²) in [7, 11) is 1.65. The van der Waals surface area contributed by atoms with Crippen LogP contribution in [0.4, 0.5) is 5.69 Å². The van der Waals surface area contributed by atoms with Crippen molar-refractivity contribution in [1.82, 2.24) is 14.5 Å². The Morgan fingerprint density at radius 1 is 1.00 bits per heavy atom. The zero-order valence-corrected chi connectivity index (χ0v) is 26.7. The summed E-state index contributed by atoms with van der Waals surface area (Å²) in [6, 6.07) is 15.2. The van der Waals surface area contributed by atoms with Crippen LogP contribution < -0.4 is 19.9 Å². The van der Waals surface area contributed by atoms with E-state index in [1.807, 2.05) is 30.3 Å². The summed E-state index contributed by atoms with van der Waals surface area (Å²) in [6.45, 7) is 5.48. The van der Waals surface area contributed by atoms with Crippen LogP contribution >= 0.6 is 0 Å². The number of pyridine rings is 2. The quantitative estimate of drug-likeness (QED) is 0.190. The predicted molar refractivity (Wildman–Crippen MR) is 174 cm³/mol. The molecule has 4 aliphatic heterocycles. The number of fused-ring (bicyclic) bond motifs is 7. The summed E-state index contributed by atoms with van der Waals surface area (Å²) in [5.41, 5.74) is 3.12. The van der Waals surface area contributed by atoms with Gasteiger partial charge in [-0.1, -0.05) is 6.92 Å². The lowest BCUT2D eigenvalue weighted by Crippen LogP contribution is -2.49. The maximum atomic E-state index is 13.9. The molecule has 2 aromatic carbocycles. The van der Waals surface area contributed by atoms with Gasteiger partial charge in [0.25, 0.3) is 5.56 Å². The fraction of sp³-hybridized carbons (Fsp3) is 0.361. The minimum Gasteiger partial charge on any atom is -0.497 e. The number of hydrogen-bond acceptors (Lipinski definition) is 11. The normalized spacial score (nSPS) is 19.7. The third-order valence-corrected chi connectivity index (χ3v) is 10.0. The Kier molecular flexibility index (Phi) is 7.20. The molecule has 1 atom stereocenters. The van der Waals surface area contributed by atoms with Gasteiger partial charge in [0.1, 0.15) is 18.1 Å². The molecular weight excluding hydrogens is 616 g/mol. The summed E-state index contributed by atoms with van der Waals surface area (Å²) >= 11 is 0. The molecule has 0 spiro atoms. The van der Waals surface area contributed by atoms with Crippen molar-refractivity contribution in [2.45, 2.75) is 44.9 Å². The van der Waals surface area contributed by atoms with Crippen molar-refractivity contribution in [1.29, 1.82) is 0 Å². The zero-order valence-electron chi connectivity index (χ0n) is 26.7. The van der Waals surface area contributed by atoms with E-state index in [4.69, 9.17) is 23.9 Å². The van der Waals surface area contributed by atoms with Gasteiger partial charge in [-0.2, -0.15) is 0 Å². The van der Waals surface area contributed by atoms with Crippen LogP contribution in [0.5, 0.6) is 11.5 Å². The van der Waals surface area contributed by atoms with Crippen molar-refractivity contribution >= 4 is 34.5 Å². The largest absolute Gasteiger partial charge is 0.497 e. The molecule has 0 amide bonds. The lowest BCUT2D eigenvalue weighted by Gasteiger charge is -2.37. The maximum Gasteiger partial charge on any atom is 0.355 e. The summed E-state index contributed by atoms with van der Waals surface area (Å²) in [6.07, 6.45) is 0.355. The molecule has 0 bridgehead atoms. The highest BCUT2D eigenvalue weighted by Gasteiger charge is 2.50. The molecule has 48 heavy (non-hydrogen) atoms. The number of esters is 3. The number of piperazine rings is 1. The number of rotatable bonds is 7. The van der Waals surface area contributed by atoms with Crippen LogP contribution in [0.3, 0.4) is 0 Å². The summed E-state index contributed by atoms with van der Waals surface area (Å²) in [5.74, 6) is -0.192. The molecule has 6 heterocycles. The van der Waals surface area contributed by atoms with Crippen LogP contribution in [0.15, 0.2) is 53.3 Å². The molecule has 0 aliphatic carbocycles. The van der Waals surface area contributed by atoms with Crippen molar-refractivity contribution in [3.63, 3.8) is 0 Å². The van der Waals surface area contributed by atoms with Crippen molar-refractivity contribution in [2.24, 2.45) is 0 Å². The first-order valence-electron chi connectivity index (χ1n) is 16.2. The number of carbonyl (C=O) groups is 3. The van der Waals surface area contributed by atoms with Gasteiger partial charge in [0, 0.05) is 60.5 Å². The summed E-state index contributed by atoms with van der Waals surface area (Å²) < 4.78 is 23.7.